The van der Waals surface area contributed by atoms with Gasteiger partial charge in [0.05, 0.1) is 16.6 Å². The van der Waals surface area contributed by atoms with Crippen molar-refractivity contribution in [1.29, 1.82) is 0 Å². The minimum absolute atomic E-state index is 0.0553. The first kappa shape index (κ1) is 20.0. The smallest absolute Gasteiger partial charge is 0.235 e. The van der Waals surface area contributed by atoms with Crippen LogP contribution < -0.4 is 15.4 Å². The van der Waals surface area contributed by atoms with Crippen LogP contribution in [0.3, 0.4) is 0 Å². The van der Waals surface area contributed by atoms with E-state index in [4.69, 9.17) is 0 Å². The highest BCUT2D eigenvalue weighted by Gasteiger charge is 2.28. The lowest BCUT2D eigenvalue weighted by molar-refractivity contribution is -0.120. The van der Waals surface area contributed by atoms with Gasteiger partial charge in [0.15, 0.2) is 0 Å². The lowest BCUT2D eigenvalue weighted by Crippen LogP contribution is -2.27. The van der Waals surface area contributed by atoms with E-state index in [9.17, 15) is 13.2 Å². The Morgan fingerprint density at radius 3 is 2.37 bits per heavy atom. The van der Waals surface area contributed by atoms with Crippen LogP contribution in [0.5, 0.6) is 0 Å². The van der Waals surface area contributed by atoms with Crippen molar-refractivity contribution in [2.75, 3.05) is 21.9 Å². The Bertz CT molecular complexity index is 841. The van der Waals surface area contributed by atoms with Crippen molar-refractivity contribution in [3.63, 3.8) is 0 Å². The zero-order valence-corrected chi connectivity index (χ0v) is 17.6. The second-order valence-corrected chi connectivity index (χ2v) is 10.3. The zero-order valence-electron chi connectivity index (χ0n) is 16.7. The summed E-state index contributed by atoms with van der Waals surface area (Å²) >= 11 is 0. The molecule has 0 aromatic heterocycles. The lowest BCUT2D eigenvalue weighted by Gasteiger charge is -2.25. The first-order valence-corrected chi connectivity index (χ1v) is 11.5. The number of amides is 1. The van der Waals surface area contributed by atoms with Crippen LogP contribution in [0, 0.1) is 19.8 Å². The van der Waals surface area contributed by atoms with Gasteiger partial charge in [-0.2, -0.15) is 0 Å². The van der Waals surface area contributed by atoms with Crippen LogP contribution in [-0.4, -0.2) is 26.1 Å². The predicted octanol–water partition coefficient (Wildman–Crippen LogP) is 3.94. The van der Waals surface area contributed by atoms with Crippen molar-refractivity contribution >= 4 is 33.0 Å². The molecule has 150 valence electrons. The molecule has 3 rings (SSSR count). The molecule has 1 fully saturated rings. The minimum atomic E-state index is -3.48. The van der Waals surface area contributed by atoms with E-state index in [0.29, 0.717) is 5.69 Å². The number of sulfonamides is 1. The summed E-state index contributed by atoms with van der Waals surface area (Å²) in [6.45, 7) is 7.97. The lowest BCUT2D eigenvalue weighted by atomic mass is 9.88. The van der Waals surface area contributed by atoms with Gasteiger partial charge in [0.2, 0.25) is 15.9 Å². The molecule has 1 saturated carbocycles. The number of benzene rings is 1. The van der Waals surface area contributed by atoms with Crippen LogP contribution in [-0.2, 0) is 21.2 Å². The van der Waals surface area contributed by atoms with Gasteiger partial charge in [-0.05, 0) is 63.6 Å². The van der Waals surface area contributed by atoms with E-state index in [0.717, 1.165) is 66.7 Å². The van der Waals surface area contributed by atoms with E-state index in [1.54, 1.807) is 13.8 Å². The maximum Gasteiger partial charge on any atom is 0.235 e. The molecule has 0 unspecified atom stereocenters. The quantitative estimate of drug-likeness (QED) is 0.707. The third kappa shape index (κ3) is 3.93. The first-order valence-electron chi connectivity index (χ1n) is 9.94. The van der Waals surface area contributed by atoms with Crippen molar-refractivity contribution in [2.45, 2.75) is 71.5 Å². The number of anilines is 3. The SMILES string of the molecule is Cc1c2c(c(NS(=O)(=O)C(C)C)c(C)c1NC(=O)C1CCCCC1)NCC2. The Labute approximate surface area is 162 Å². The minimum Gasteiger partial charge on any atom is -0.383 e. The van der Waals surface area contributed by atoms with Gasteiger partial charge < -0.3 is 10.6 Å². The first-order chi connectivity index (χ1) is 12.7. The number of fused-ring (bicyclic) bond motifs is 1. The second kappa shape index (κ2) is 7.70. The molecule has 0 saturated heterocycles. The summed E-state index contributed by atoms with van der Waals surface area (Å²) < 4.78 is 27.7. The Kier molecular flexibility index (Phi) is 5.70. The molecule has 1 heterocycles. The number of hydrogen-bond acceptors (Lipinski definition) is 4. The van der Waals surface area contributed by atoms with Gasteiger partial charge in [-0.1, -0.05) is 19.3 Å². The molecule has 1 aromatic rings. The maximum absolute atomic E-state index is 12.8. The molecule has 1 aromatic carbocycles. The molecule has 0 radical (unpaired) electrons. The molecule has 1 amide bonds. The van der Waals surface area contributed by atoms with E-state index in [2.05, 4.69) is 15.4 Å². The predicted molar refractivity (Wildman–Crippen MR) is 111 cm³/mol. The molecular formula is C20H31N3O3S. The third-order valence-corrected chi connectivity index (χ3v) is 7.63. The van der Waals surface area contributed by atoms with Crippen molar-refractivity contribution in [3.05, 3.63) is 16.7 Å². The fourth-order valence-corrected chi connectivity index (χ4v) is 4.84. The van der Waals surface area contributed by atoms with Crippen LogP contribution >= 0.6 is 0 Å². The normalized spacial score (nSPS) is 17.5. The van der Waals surface area contributed by atoms with Crippen molar-refractivity contribution < 1.29 is 13.2 Å². The molecule has 7 heteroatoms. The molecular weight excluding hydrogens is 362 g/mol. The van der Waals surface area contributed by atoms with Crippen LogP contribution in [0.15, 0.2) is 0 Å². The molecule has 3 N–H and O–H groups in total. The van der Waals surface area contributed by atoms with Crippen molar-refractivity contribution in [1.82, 2.24) is 0 Å². The van der Waals surface area contributed by atoms with E-state index in [1.165, 1.54) is 6.42 Å². The molecule has 0 atom stereocenters. The monoisotopic (exact) mass is 393 g/mol. The fraction of sp³-hybridized carbons (Fsp3) is 0.650. The number of hydrogen-bond donors (Lipinski definition) is 3. The van der Waals surface area contributed by atoms with E-state index in [-0.39, 0.29) is 11.8 Å². The average molecular weight is 394 g/mol. The third-order valence-electron chi connectivity index (χ3n) is 5.90. The number of carbonyl (C=O) groups excluding carboxylic acids is 1. The number of nitrogens with one attached hydrogen (secondary N) is 3. The molecule has 27 heavy (non-hydrogen) atoms. The Morgan fingerprint density at radius 1 is 1.07 bits per heavy atom. The van der Waals surface area contributed by atoms with Gasteiger partial charge in [0.1, 0.15) is 0 Å². The van der Waals surface area contributed by atoms with Gasteiger partial charge in [-0.15, -0.1) is 0 Å². The Balaban J connectivity index is 1.99. The fourth-order valence-electron chi connectivity index (χ4n) is 4.07. The van der Waals surface area contributed by atoms with Gasteiger partial charge in [-0.3, -0.25) is 9.52 Å². The van der Waals surface area contributed by atoms with E-state index < -0.39 is 15.3 Å². The molecule has 0 spiro atoms. The maximum atomic E-state index is 12.8. The van der Waals surface area contributed by atoms with Gasteiger partial charge in [0, 0.05) is 18.2 Å². The second-order valence-electron chi connectivity index (χ2n) is 8.05. The highest BCUT2D eigenvalue weighted by molar-refractivity contribution is 7.93. The summed E-state index contributed by atoms with van der Waals surface area (Å²) in [4.78, 5) is 12.8. The van der Waals surface area contributed by atoms with Crippen molar-refractivity contribution in [3.8, 4) is 0 Å². The van der Waals surface area contributed by atoms with Gasteiger partial charge in [-0.25, -0.2) is 8.42 Å². The van der Waals surface area contributed by atoms with E-state index in [1.807, 2.05) is 13.8 Å². The molecule has 1 aliphatic heterocycles. The molecule has 2 aliphatic rings. The summed E-state index contributed by atoms with van der Waals surface area (Å²) in [5, 5.41) is 5.92. The van der Waals surface area contributed by atoms with Crippen LogP contribution in [0.25, 0.3) is 0 Å². The highest BCUT2D eigenvalue weighted by atomic mass is 32.2. The largest absolute Gasteiger partial charge is 0.383 e. The summed E-state index contributed by atoms with van der Waals surface area (Å²) in [6.07, 6.45) is 6.09. The summed E-state index contributed by atoms with van der Waals surface area (Å²) in [5.74, 6) is 0.115. The van der Waals surface area contributed by atoms with E-state index >= 15 is 0 Å². The summed E-state index contributed by atoms with van der Waals surface area (Å²) in [5.41, 5.74) is 5.07. The zero-order chi connectivity index (χ0) is 19.8. The summed E-state index contributed by atoms with van der Waals surface area (Å²) in [6, 6.07) is 0. The molecule has 0 bridgehead atoms. The van der Waals surface area contributed by atoms with Gasteiger partial charge in [0.25, 0.3) is 0 Å². The van der Waals surface area contributed by atoms with Gasteiger partial charge >= 0.3 is 0 Å². The Morgan fingerprint density at radius 2 is 1.74 bits per heavy atom. The summed E-state index contributed by atoms with van der Waals surface area (Å²) in [7, 11) is -3.48. The molecule has 1 aliphatic carbocycles. The van der Waals surface area contributed by atoms with Crippen LogP contribution in [0.4, 0.5) is 17.1 Å². The number of rotatable bonds is 5. The average Bonchev–Trinajstić information content (AvgIpc) is 3.12. The highest BCUT2D eigenvalue weighted by Crippen LogP contribution is 2.42. The number of carbonyl (C=O) groups is 1. The topological polar surface area (TPSA) is 87.3 Å². The van der Waals surface area contributed by atoms with Crippen LogP contribution in [0.1, 0.15) is 62.6 Å². The molecule has 6 nitrogen and oxygen atoms in total. The van der Waals surface area contributed by atoms with Crippen LogP contribution in [0.2, 0.25) is 0 Å². The standard InChI is InChI=1S/C20H31N3O3S/c1-12(2)27(25,26)23-18-14(4)17(13(3)16-10-11-21-19(16)18)22-20(24)15-8-6-5-7-9-15/h12,15,21,23H,5-11H2,1-4H3,(H,22,24). The van der Waals surface area contributed by atoms with Crippen molar-refractivity contribution in [2.24, 2.45) is 5.92 Å². The Hall–Kier alpha value is -1.76.